The van der Waals surface area contributed by atoms with Crippen LogP contribution in [-0.4, -0.2) is 42.6 Å². The lowest BCUT2D eigenvalue weighted by Crippen LogP contribution is -2.28. The fourth-order valence-corrected chi connectivity index (χ4v) is 3.91. The van der Waals surface area contributed by atoms with E-state index in [1.165, 1.54) is 0 Å². The van der Waals surface area contributed by atoms with Gasteiger partial charge in [-0.15, -0.1) is 27.0 Å². The molecule has 0 aliphatic carbocycles. The molecule has 1 N–H and O–H groups in total. The highest BCUT2D eigenvalue weighted by Gasteiger charge is 2.23. The third kappa shape index (κ3) is 3.70. The van der Waals surface area contributed by atoms with Crippen molar-refractivity contribution in [3.63, 3.8) is 0 Å². The number of rotatable bonds is 7. The quantitative estimate of drug-likeness (QED) is 0.612. The molecule has 130 valence electrons. The van der Waals surface area contributed by atoms with E-state index in [-0.39, 0.29) is 0 Å². The Balaban J connectivity index is 1.76. The van der Waals surface area contributed by atoms with Gasteiger partial charge < -0.3 is 14.5 Å². The molecule has 0 atom stereocenters. The minimum absolute atomic E-state index is 0.354. The van der Waals surface area contributed by atoms with E-state index in [1.807, 2.05) is 6.08 Å². The molecular formula is C16H25N7S. The van der Waals surface area contributed by atoms with Crippen molar-refractivity contribution in [3.05, 3.63) is 30.6 Å². The molecule has 8 heteroatoms. The second-order valence-corrected chi connectivity index (χ2v) is 7.24. The van der Waals surface area contributed by atoms with Gasteiger partial charge in [0.05, 0.1) is 5.75 Å². The van der Waals surface area contributed by atoms with Crippen LogP contribution in [0.5, 0.6) is 0 Å². The maximum Gasteiger partial charge on any atom is 0.191 e. The lowest BCUT2D eigenvalue weighted by molar-refractivity contribution is 0.431. The number of nitrogens with one attached hydrogen (secondary N) is 1. The van der Waals surface area contributed by atoms with Gasteiger partial charge in [-0.3, -0.25) is 0 Å². The third-order valence-corrected chi connectivity index (χ3v) is 5.26. The summed E-state index contributed by atoms with van der Waals surface area (Å²) < 4.78 is 4.29. The van der Waals surface area contributed by atoms with Gasteiger partial charge in [0.2, 0.25) is 0 Å². The van der Waals surface area contributed by atoms with Crippen molar-refractivity contribution in [1.29, 1.82) is 0 Å². The first kappa shape index (κ1) is 17.2. The van der Waals surface area contributed by atoms with E-state index in [0.29, 0.717) is 12.0 Å². The van der Waals surface area contributed by atoms with Crippen LogP contribution >= 0.6 is 11.8 Å². The predicted octanol–water partition coefficient (Wildman–Crippen LogP) is 2.40. The number of hydrogen-bond donors (Lipinski definition) is 1. The third-order valence-electron chi connectivity index (χ3n) is 4.30. The summed E-state index contributed by atoms with van der Waals surface area (Å²) in [4.78, 5) is 0. The lowest BCUT2D eigenvalue weighted by atomic mass is 9.97. The van der Waals surface area contributed by atoms with Gasteiger partial charge in [0, 0.05) is 18.5 Å². The SMILES string of the molecule is C=CCn1c(SCc2nncn2C(C)C)nnc1C1CCNCC1. The summed E-state index contributed by atoms with van der Waals surface area (Å²) in [6.07, 6.45) is 5.92. The van der Waals surface area contributed by atoms with E-state index in [1.54, 1.807) is 18.1 Å². The van der Waals surface area contributed by atoms with Crippen molar-refractivity contribution in [2.45, 2.75) is 56.1 Å². The summed E-state index contributed by atoms with van der Waals surface area (Å²) in [5.41, 5.74) is 0. The normalized spacial score (nSPS) is 16.0. The number of hydrogen-bond acceptors (Lipinski definition) is 6. The van der Waals surface area contributed by atoms with E-state index < -0.39 is 0 Å². The highest BCUT2D eigenvalue weighted by atomic mass is 32.2. The van der Waals surface area contributed by atoms with Crippen LogP contribution in [0.25, 0.3) is 0 Å². The number of allylic oxidation sites excluding steroid dienone is 1. The zero-order valence-corrected chi connectivity index (χ0v) is 15.2. The van der Waals surface area contributed by atoms with Gasteiger partial charge in [0.15, 0.2) is 5.16 Å². The maximum absolute atomic E-state index is 4.49. The first-order chi connectivity index (χ1) is 11.7. The number of thioether (sulfide) groups is 1. The smallest absolute Gasteiger partial charge is 0.191 e. The van der Waals surface area contributed by atoms with Crippen LogP contribution in [0, 0.1) is 0 Å². The Kier molecular flexibility index (Phi) is 5.68. The Morgan fingerprint density at radius 1 is 1.33 bits per heavy atom. The molecule has 1 saturated heterocycles. The van der Waals surface area contributed by atoms with E-state index in [0.717, 1.165) is 55.0 Å². The first-order valence-electron chi connectivity index (χ1n) is 8.46. The molecular weight excluding hydrogens is 322 g/mol. The first-order valence-corrected chi connectivity index (χ1v) is 9.45. The monoisotopic (exact) mass is 347 g/mol. The van der Waals surface area contributed by atoms with Crippen molar-refractivity contribution in [3.8, 4) is 0 Å². The molecule has 2 aromatic rings. The van der Waals surface area contributed by atoms with E-state index >= 15 is 0 Å². The average Bonchev–Trinajstić information content (AvgIpc) is 3.21. The predicted molar refractivity (Wildman–Crippen MR) is 95.0 cm³/mol. The van der Waals surface area contributed by atoms with Crippen molar-refractivity contribution >= 4 is 11.8 Å². The largest absolute Gasteiger partial charge is 0.317 e. The summed E-state index contributed by atoms with van der Waals surface area (Å²) in [5, 5.41) is 21.5. The Morgan fingerprint density at radius 2 is 2.12 bits per heavy atom. The number of piperidine rings is 1. The second-order valence-electron chi connectivity index (χ2n) is 6.30. The van der Waals surface area contributed by atoms with Crippen molar-refractivity contribution in [1.82, 2.24) is 34.8 Å². The lowest BCUT2D eigenvalue weighted by Gasteiger charge is -2.22. The molecule has 1 aliphatic rings. The molecule has 3 rings (SSSR count). The van der Waals surface area contributed by atoms with Crippen LogP contribution in [-0.2, 0) is 12.3 Å². The number of aromatic nitrogens is 6. The molecule has 1 aliphatic heterocycles. The molecule has 0 radical (unpaired) electrons. The average molecular weight is 347 g/mol. The molecule has 2 aromatic heterocycles. The fourth-order valence-electron chi connectivity index (χ4n) is 3.02. The van der Waals surface area contributed by atoms with Gasteiger partial charge in [-0.1, -0.05) is 17.8 Å². The Labute approximate surface area is 146 Å². The zero-order valence-electron chi connectivity index (χ0n) is 14.4. The summed E-state index contributed by atoms with van der Waals surface area (Å²) >= 11 is 1.66. The Morgan fingerprint density at radius 3 is 2.83 bits per heavy atom. The Bertz CT molecular complexity index is 670. The molecule has 7 nitrogen and oxygen atoms in total. The molecule has 0 amide bonds. The molecule has 0 aromatic carbocycles. The molecule has 0 unspecified atom stereocenters. The van der Waals surface area contributed by atoms with Crippen molar-refractivity contribution in [2.75, 3.05) is 13.1 Å². The van der Waals surface area contributed by atoms with E-state index in [2.05, 4.69) is 55.3 Å². The molecule has 1 fully saturated rings. The number of nitrogens with zero attached hydrogens (tertiary/aromatic N) is 6. The van der Waals surface area contributed by atoms with E-state index in [4.69, 9.17) is 0 Å². The molecule has 24 heavy (non-hydrogen) atoms. The minimum Gasteiger partial charge on any atom is -0.317 e. The minimum atomic E-state index is 0.354. The van der Waals surface area contributed by atoms with Crippen LogP contribution in [0.4, 0.5) is 0 Å². The maximum atomic E-state index is 4.49. The molecule has 3 heterocycles. The van der Waals surface area contributed by atoms with Gasteiger partial charge >= 0.3 is 0 Å². The fraction of sp³-hybridized carbons (Fsp3) is 0.625. The standard InChI is InChI=1S/C16H25N7S/c1-4-9-22-15(13-5-7-17-8-6-13)20-21-16(22)24-10-14-19-18-11-23(14)12(2)3/h4,11-13,17H,1,5-10H2,2-3H3. The van der Waals surface area contributed by atoms with Gasteiger partial charge in [0.25, 0.3) is 0 Å². The summed E-state index contributed by atoms with van der Waals surface area (Å²) in [6, 6.07) is 0.354. The zero-order chi connectivity index (χ0) is 16.9. The van der Waals surface area contributed by atoms with Crippen molar-refractivity contribution < 1.29 is 0 Å². The van der Waals surface area contributed by atoms with Gasteiger partial charge in [-0.2, -0.15) is 0 Å². The summed E-state index contributed by atoms with van der Waals surface area (Å²) in [7, 11) is 0. The summed E-state index contributed by atoms with van der Waals surface area (Å²) in [5.74, 6) is 3.27. The molecule has 0 spiro atoms. The van der Waals surface area contributed by atoms with Crippen LogP contribution < -0.4 is 5.32 Å². The van der Waals surface area contributed by atoms with E-state index in [9.17, 15) is 0 Å². The highest BCUT2D eigenvalue weighted by molar-refractivity contribution is 7.98. The second kappa shape index (κ2) is 7.94. The van der Waals surface area contributed by atoms with Crippen LogP contribution in [0.1, 0.15) is 50.3 Å². The van der Waals surface area contributed by atoms with Crippen molar-refractivity contribution in [2.24, 2.45) is 0 Å². The molecule has 0 saturated carbocycles. The topological polar surface area (TPSA) is 73.5 Å². The molecule has 0 bridgehead atoms. The van der Waals surface area contributed by atoms with Gasteiger partial charge in [-0.05, 0) is 39.8 Å². The Hall–Kier alpha value is -1.67. The van der Waals surface area contributed by atoms with Crippen LogP contribution in [0.3, 0.4) is 0 Å². The van der Waals surface area contributed by atoms with Crippen LogP contribution in [0.2, 0.25) is 0 Å². The highest BCUT2D eigenvalue weighted by Crippen LogP contribution is 2.28. The van der Waals surface area contributed by atoms with Gasteiger partial charge in [0.1, 0.15) is 18.0 Å². The van der Waals surface area contributed by atoms with Crippen LogP contribution in [0.15, 0.2) is 24.1 Å². The van der Waals surface area contributed by atoms with Gasteiger partial charge in [-0.25, -0.2) is 0 Å². The summed E-state index contributed by atoms with van der Waals surface area (Å²) in [6.45, 7) is 11.0.